The molecule has 2 amide bonds. The zero-order chi connectivity index (χ0) is 23.6. The molecule has 2 N–H and O–H groups in total. The Bertz CT molecular complexity index is 1070. The van der Waals surface area contributed by atoms with Gasteiger partial charge in [-0.2, -0.15) is 0 Å². The smallest absolute Gasteiger partial charge is 0.276 e. The number of aromatic nitrogens is 3. The van der Waals surface area contributed by atoms with Gasteiger partial charge in [0, 0.05) is 18.2 Å². The largest absolute Gasteiger partial charge is 0.497 e. The molecular weight excluding hydrogens is 446 g/mol. The van der Waals surface area contributed by atoms with Crippen LogP contribution in [0.4, 0.5) is 0 Å². The average Bonchev–Trinajstić information content (AvgIpc) is 3.28. The molecule has 0 fully saturated rings. The zero-order valence-electron chi connectivity index (χ0n) is 18.5. The number of thioether (sulfide) groups is 1. The predicted molar refractivity (Wildman–Crippen MR) is 123 cm³/mol. The van der Waals surface area contributed by atoms with E-state index in [1.165, 1.54) is 11.8 Å². The summed E-state index contributed by atoms with van der Waals surface area (Å²) < 4.78 is 17.9. The van der Waals surface area contributed by atoms with Gasteiger partial charge in [0.15, 0.2) is 17.6 Å². The molecule has 0 bridgehead atoms. The van der Waals surface area contributed by atoms with E-state index in [0.717, 1.165) is 5.56 Å². The number of hydrogen-bond donors (Lipinski definition) is 2. The summed E-state index contributed by atoms with van der Waals surface area (Å²) in [5, 5.41) is 9.06. The molecule has 10 nitrogen and oxygen atoms in total. The lowest BCUT2D eigenvalue weighted by Gasteiger charge is -2.11. The Labute approximate surface area is 195 Å². The molecular formula is C22H25N5O5S. The summed E-state index contributed by atoms with van der Waals surface area (Å²) in [6, 6.07) is 14.4. The van der Waals surface area contributed by atoms with Gasteiger partial charge in [-0.05, 0) is 31.2 Å². The quantitative estimate of drug-likeness (QED) is 0.342. The molecule has 0 aliphatic heterocycles. The number of carbonyl (C=O) groups excluding carboxylic acids is 2. The molecule has 0 unspecified atom stereocenters. The van der Waals surface area contributed by atoms with Gasteiger partial charge in [0.25, 0.3) is 5.91 Å². The van der Waals surface area contributed by atoms with Crippen LogP contribution >= 0.6 is 11.8 Å². The number of amides is 2. The van der Waals surface area contributed by atoms with Gasteiger partial charge in [-0.3, -0.25) is 20.4 Å². The van der Waals surface area contributed by atoms with Crippen molar-refractivity contribution in [3.05, 3.63) is 48.5 Å². The van der Waals surface area contributed by atoms with Crippen molar-refractivity contribution in [2.75, 3.05) is 26.6 Å². The van der Waals surface area contributed by atoms with E-state index in [4.69, 9.17) is 14.2 Å². The van der Waals surface area contributed by atoms with Crippen molar-refractivity contribution in [1.29, 1.82) is 0 Å². The van der Waals surface area contributed by atoms with Gasteiger partial charge in [0.05, 0.1) is 20.0 Å². The Morgan fingerprint density at radius 1 is 0.939 bits per heavy atom. The van der Waals surface area contributed by atoms with Crippen LogP contribution in [0, 0.1) is 0 Å². The van der Waals surface area contributed by atoms with Crippen molar-refractivity contribution in [3.63, 3.8) is 0 Å². The summed E-state index contributed by atoms with van der Waals surface area (Å²) in [5.41, 5.74) is 5.47. The maximum Gasteiger partial charge on any atom is 0.276 e. The monoisotopic (exact) mass is 471 g/mol. The molecule has 0 atom stereocenters. The Morgan fingerprint density at radius 3 is 2.24 bits per heavy atom. The number of benzene rings is 2. The lowest BCUT2D eigenvalue weighted by Crippen LogP contribution is -2.44. The number of nitrogens with one attached hydrogen (secondary N) is 2. The Balaban J connectivity index is 1.54. The van der Waals surface area contributed by atoms with Crippen molar-refractivity contribution in [1.82, 2.24) is 25.6 Å². The van der Waals surface area contributed by atoms with Crippen LogP contribution in [0.1, 0.15) is 6.92 Å². The van der Waals surface area contributed by atoms with Crippen LogP contribution in [0.25, 0.3) is 11.4 Å². The van der Waals surface area contributed by atoms with Crippen molar-refractivity contribution >= 4 is 23.6 Å². The highest BCUT2D eigenvalue weighted by Crippen LogP contribution is 2.30. The lowest BCUT2D eigenvalue weighted by molar-refractivity contribution is -0.128. The highest BCUT2D eigenvalue weighted by atomic mass is 32.2. The van der Waals surface area contributed by atoms with Crippen LogP contribution < -0.4 is 25.1 Å². The Hall–Kier alpha value is -3.73. The standard InChI is InChI=1S/C22H25N5O5S/c1-4-27-21(15-10-17(30-2)12-18(11-15)31-3)25-26-22(27)33-14-20(29)24-23-19(28)13-32-16-8-6-5-7-9-16/h5-12H,4,13-14H2,1-3H3,(H,23,28)(H,24,29). The van der Waals surface area contributed by atoms with Crippen molar-refractivity contribution in [3.8, 4) is 28.6 Å². The molecule has 0 saturated heterocycles. The molecule has 3 aromatic rings. The lowest BCUT2D eigenvalue weighted by atomic mass is 10.2. The first kappa shape index (κ1) is 23.9. The van der Waals surface area contributed by atoms with Gasteiger partial charge in [0.1, 0.15) is 17.2 Å². The summed E-state index contributed by atoms with van der Waals surface area (Å²) in [7, 11) is 3.16. The normalized spacial score (nSPS) is 10.4. The molecule has 0 aliphatic rings. The third-order valence-electron chi connectivity index (χ3n) is 4.43. The van der Waals surface area contributed by atoms with Gasteiger partial charge >= 0.3 is 0 Å². The highest BCUT2D eigenvalue weighted by Gasteiger charge is 2.16. The summed E-state index contributed by atoms with van der Waals surface area (Å²) in [4.78, 5) is 24.0. The van der Waals surface area contributed by atoms with Crippen molar-refractivity contribution < 1.29 is 23.8 Å². The molecule has 3 rings (SSSR count). The maximum atomic E-state index is 12.2. The van der Waals surface area contributed by atoms with Crippen LogP contribution in [0.5, 0.6) is 17.2 Å². The predicted octanol–water partition coefficient (Wildman–Crippen LogP) is 2.30. The number of para-hydroxylation sites is 1. The van der Waals surface area contributed by atoms with Gasteiger partial charge in [-0.25, -0.2) is 0 Å². The molecule has 1 aromatic heterocycles. The first-order valence-corrected chi connectivity index (χ1v) is 11.1. The second kappa shape index (κ2) is 11.8. The topological polar surface area (TPSA) is 117 Å². The molecule has 33 heavy (non-hydrogen) atoms. The first-order valence-electron chi connectivity index (χ1n) is 10.1. The second-order valence-electron chi connectivity index (χ2n) is 6.64. The Kier molecular flexibility index (Phi) is 8.53. The van der Waals surface area contributed by atoms with E-state index in [0.29, 0.717) is 34.8 Å². The summed E-state index contributed by atoms with van der Waals surface area (Å²) >= 11 is 1.21. The van der Waals surface area contributed by atoms with E-state index >= 15 is 0 Å². The van der Waals surface area contributed by atoms with Crippen LogP contribution in [-0.2, 0) is 16.1 Å². The number of hydrazine groups is 1. The summed E-state index contributed by atoms with van der Waals surface area (Å²) in [5.74, 6) is 1.65. The molecule has 0 spiro atoms. The Morgan fingerprint density at radius 2 is 1.61 bits per heavy atom. The highest BCUT2D eigenvalue weighted by molar-refractivity contribution is 7.99. The number of rotatable bonds is 10. The van der Waals surface area contributed by atoms with E-state index in [1.54, 1.807) is 44.6 Å². The second-order valence-corrected chi connectivity index (χ2v) is 7.58. The fourth-order valence-electron chi connectivity index (χ4n) is 2.84. The fraction of sp³-hybridized carbons (Fsp3) is 0.273. The SMILES string of the molecule is CCn1c(SCC(=O)NNC(=O)COc2ccccc2)nnc1-c1cc(OC)cc(OC)c1. The van der Waals surface area contributed by atoms with Crippen LogP contribution in [-0.4, -0.2) is 53.2 Å². The van der Waals surface area contributed by atoms with Crippen molar-refractivity contribution in [2.24, 2.45) is 0 Å². The summed E-state index contributed by atoms with van der Waals surface area (Å²) in [6.45, 7) is 2.34. The van der Waals surface area contributed by atoms with Crippen LogP contribution in [0.2, 0.25) is 0 Å². The molecule has 11 heteroatoms. The van der Waals surface area contributed by atoms with E-state index in [-0.39, 0.29) is 18.3 Å². The van der Waals surface area contributed by atoms with Crippen LogP contribution in [0.3, 0.4) is 0 Å². The minimum Gasteiger partial charge on any atom is -0.497 e. The van der Waals surface area contributed by atoms with E-state index < -0.39 is 5.91 Å². The molecule has 0 aliphatic carbocycles. The number of hydrogen-bond acceptors (Lipinski definition) is 8. The average molecular weight is 472 g/mol. The number of methoxy groups -OCH3 is 2. The third kappa shape index (κ3) is 6.62. The fourth-order valence-corrected chi connectivity index (χ4v) is 3.64. The van der Waals surface area contributed by atoms with Crippen LogP contribution in [0.15, 0.2) is 53.7 Å². The van der Waals surface area contributed by atoms with Gasteiger partial charge in [-0.15, -0.1) is 10.2 Å². The molecule has 0 radical (unpaired) electrons. The van der Waals surface area contributed by atoms with Gasteiger partial charge < -0.3 is 18.8 Å². The van der Waals surface area contributed by atoms with E-state index in [1.807, 2.05) is 29.7 Å². The minimum absolute atomic E-state index is 0.0411. The first-order chi connectivity index (χ1) is 16.0. The molecule has 174 valence electrons. The molecule has 1 heterocycles. The maximum absolute atomic E-state index is 12.2. The number of carbonyl (C=O) groups is 2. The summed E-state index contributed by atoms with van der Waals surface area (Å²) in [6.07, 6.45) is 0. The number of nitrogens with zero attached hydrogens (tertiary/aromatic N) is 3. The van der Waals surface area contributed by atoms with E-state index in [2.05, 4.69) is 21.0 Å². The molecule has 0 saturated carbocycles. The third-order valence-corrected chi connectivity index (χ3v) is 5.40. The number of ether oxygens (including phenoxy) is 3. The molecule has 2 aromatic carbocycles. The van der Waals surface area contributed by atoms with Gasteiger partial charge in [0.2, 0.25) is 5.91 Å². The van der Waals surface area contributed by atoms with Crippen molar-refractivity contribution in [2.45, 2.75) is 18.6 Å². The zero-order valence-corrected chi connectivity index (χ0v) is 19.3. The van der Waals surface area contributed by atoms with E-state index in [9.17, 15) is 9.59 Å². The minimum atomic E-state index is -0.469. The van der Waals surface area contributed by atoms with Gasteiger partial charge in [-0.1, -0.05) is 30.0 Å².